The zero-order valence-electron chi connectivity index (χ0n) is 10.3. The molecule has 0 unspecified atom stereocenters. The van der Waals surface area contributed by atoms with Crippen LogP contribution < -0.4 is 0 Å². The second-order valence-electron chi connectivity index (χ2n) is 5.00. The Morgan fingerprint density at radius 1 is 0.867 bits per heavy atom. The van der Waals surface area contributed by atoms with Gasteiger partial charge in [0, 0.05) is 39.3 Å². The molecule has 3 heteroatoms. The van der Waals surface area contributed by atoms with Crippen molar-refractivity contribution in [2.75, 3.05) is 52.5 Å². The Balaban J connectivity index is 1.61. The third kappa shape index (κ3) is 2.92. The van der Waals surface area contributed by atoms with Gasteiger partial charge in [0.2, 0.25) is 0 Å². The summed E-state index contributed by atoms with van der Waals surface area (Å²) in [6, 6.07) is 0. The van der Waals surface area contributed by atoms with Crippen molar-refractivity contribution in [3.8, 4) is 0 Å². The summed E-state index contributed by atoms with van der Waals surface area (Å²) >= 11 is 0. The molecule has 88 valence electrons. The van der Waals surface area contributed by atoms with E-state index in [2.05, 4.69) is 28.5 Å². The average Bonchev–Trinajstić information content (AvgIpc) is 2.23. The summed E-state index contributed by atoms with van der Waals surface area (Å²) in [4.78, 5) is 7.75. The van der Waals surface area contributed by atoms with Crippen molar-refractivity contribution < 1.29 is 0 Å². The smallest absolute Gasteiger partial charge is 0.0507 e. The summed E-state index contributed by atoms with van der Waals surface area (Å²) in [5.41, 5.74) is 0. The van der Waals surface area contributed by atoms with Crippen LogP contribution in [0.5, 0.6) is 0 Å². The minimum absolute atomic E-state index is 0.988. The van der Waals surface area contributed by atoms with E-state index in [4.69, 9.17) is 0 Å². The lowest BCUT2D eigenvalue weighted by Crippen LogP contribution is -2.55. The largest absolute Gasteiger partial charge is 0.301 e. The molecule has 2 heterocycles. The maximum Gasteiger partial charge on any atom is 0.0507 e. The molecule has 0 radical (unpaired) electrons. The molecule has 0 atom stereocenters. The maximum atomic E-state index is 2.61. The molecular formula is C12H25N3. The molecule has 2 fully saturated rings. The summed E-state index contributed by atoms with van der Waals surface area (Å²) in [6.07, 6.45) is 1.36. The van der Waals surface area contributed by atoms with E-state index in [1.807, 2.05) is 0 Å². The lowest BCUT2D eigenvalue weighted by molar-refractivity contribution is 0.0130. The quantitative estimate of drug-likeness (QED) is 0.685. The minimum Gasteiger partial charge on any atom is -0.301 e. The van der Waals surface area contributed by atoms with Crippen molar-refractivity contribution in [3.05, 3.63) is 0 Å². The first-order chi connectivity index (χ1) is 7.31. The number of hydrogen-bond acceptors (Lipinski definition) is 3. The highest BCUT2D eigenvalue weighted by molar-refractivity contribution is 4.80. The van der Waals surface area contributed by atoms with Crippen LogP contribution in [0.2, 0.25) is 0 Å². The first kappa shape index (κ1) is 11.4. The molecule has 0 spiro atoms. The molecule has 2 saturated heterocycles. The van der Waals surface area contributed by atoms with E-state index in [1.165, 1.54) is 58.9 Å². The van der Waals surface area contributed by atoms with Gasteiger partial charge in [-0.3, -0.25) is 9.80 Å². The van der Waals surface area contributed by atoms with Crippen LogP contribution in [-0.2, 0) is 0 Å². The van der Waals surface area contributed by atoms with Crippen LogP contribution in [0.25, 0.3) is 0 Å². The Bertz CT molecular complexity index is 181. The number of nitrogens with zero attached hydrogens (tertiary/aromatic N) is 3. The fourth-order valence-corrected chi connectivity index (χ4v) is 2.58. The number of likely N-dealkylation sites (N-methyl/N-ethyl adjacent to an activating group) is 1. The highest BCUT2D eigenvalue weighted by Crippen LogP contribution is 2.18. The second kappa shape index (κ2) is 5.28. The van der Waals surface area contributed by atoms with Gasteiger partial charge in [0.15, 0.2) is 0 Å². The summed E-state index contributed by atoms with van der Waals surface area (Å²) in [7, 11) is 0. The van der Waals surface area contributed by atoms with Crippen LogP contribution in [0, 0.1) is 5.92 Å². The van der Waals surface area contributed by atoms with Crippen LogP contribution in [0.1, 0.15) is 20.3 Å². The van der Waals surface area contributed by atoms with Crippen LogP contribution in [0.15, 0.2) is 0 Å². The van der Waals surface area contributed by atoms with Crippen LogP contribution in [-0.4, -0.2) is 67.2 Å². The molecule has 2 aliphatic rings. The predicted octanol–water partition coefficient (Wildman–Crippen LogP) is 0.923. The standard InChI is InChI=1S/C12H25N3/c1-3-12-9-15(10-12)11-14-7-5-13(4-2)6-8-14/h12H,3-11H2,1-2H3. The molecule has 0 N–H and O–H groups in total. The number of hydrogen-bond donors (Lipinski definition) is 0. The van der Waals surface area contributed by atoms with Crippen LogP contribution >= 0.6 is 0 Å². The number of rotatable bonds is 4. The Morgan fingerprint density at radius 2 is 1.47 bits per heavy atom. The first-order valence-corrected chi connectivity index (χ1v) is 6.49. The van der Waals surface area contributed by atoms with Gasteiger partial charge in [0.1, 0.15) is 0 Å². The van der Waals surface area contributed by atoms with Gasteiger partial charge in [-0.15, -0.1) is 0 Å². The fourth-order valence-electron chi connectivity index (χ4n) is 2.58. The average molecular weight is 211 g/mol. The molecule has 0 saturated carbocycles. The van der Waals surface area contributed by atoms with E-state index in [0.717, 1.165) is 5.92 Å². The van der Waals surface area contributed by atoms with Gasteiger partial charge in [-0.25, -0.2) is 0 Å². The highest BCUT2D eigenvalue weighted by Gasteiger charge is 2.27. The van der Waals surface area contributed by atoms with Crippen molar-refractivity contribution in [1.82, 2.24) is 14.7 Å². The van der Waals surface area contributed by atoms with Gasteiger partial charge in [0.25, 0.3) is 0 Å². The molecule has 0 aromatic carbocycles. The van der Waals surface area contributed by atoms with Crippen molar-refractivity contribution in [3.63, 3.8) is 0 Å². The van der Waals surface area contributed by atoms with E-state index < -0.39 is 0 Å². The zero-order chi connectivity index (χ0) is 10.7. The highest BCUT2D eigenvalue weighted by atomic mass is 15.4. The van der Waals surface area contributed by atoms with E-state index in [9.17, 15) is 0 Å². The molecule has 0 aromatic heterocycles. The first-order valence-electron chi connectivity index (χ1n) is 6.49. The molecule has 0 aromatic rings. The van der Waals surface area contributed by atoms with E-state index in [0.29, 0.717) is 0 Å². The van der Waals surface area contributed by atoms with Gasteiger partial charge in [-0.1, -0.05) is 20.3 Å². The summed E-state index contributed by atoms with van der Waals surface area (Å²) in [5.74, 6) is 0.988. The van der Waals surface area contributed by atoms with Gasteiger partial charge in [0.05, 0.1) is 6.67 Å². The third-order valence-corrected chi connectivity index (χ3v) is 3.92. The summed E-state index contributed by atoms with van der Waals surface area (Å²) in [5, 5.41) is 0. The van der Waals surface area contributed by atoms with Gasteiger partial charge in [-0.2, -0.15) is 0 Å². The van der Waals surface area contributed by atoms with Gasteiger partial charge < -0.3 is 4.90 Å². The lowest BCUT2D eigenvalue weighted by atomic mass is 9.98. The van der Waals surface area contributed by atoms with Crippen molar-refractivity contribution in [2.45, 2.75) is 20.3 Å². The fraction of sp³-hybridized carbons (Fsp3) is 1.00. The van der Waals surface area contributed by atoms with Crippen LogP contribution in [0.3, 0.4) is 0 Å². The molecule has 2 aliphatic heterocycles. The second-order valence-corrected chi connectivity index (χ2v) is 5.00. The van der Waals surface area contributed by atoms with E-state index in [1.54, 1.807) is 0 Å². The van der Waals surface area contributed by atoms with E-state index >= 15 is 0 Å². The van der Waals surface area contributed by atoms with Crippen molar-refractivity contribution in [1.29, 1.82) is 0 Å². The Hall–Kier alpha value is -0.120. The molecule has 15 heavy (non-hydrogen) atoms. The van der Waals surface area contributed by atoms with Gasteiger partial charge in [-0.05, 0) is 12.5 Å². The third-order valence-electron chi connectivity index (χ3n) is 3.92. The molecule has 2 rings (SSSR count). The minimum atomic E-state index is 0.988. The lowest BCUT2D eigenvalue weighted by Gasteiger charge is -2.44. The Kier molecular flexibility index (Phi) is 4.00. The molecule has 0 amide bonds. The summed E-state index contributed by atoms with van der Waals surface area (Å²) in [6.45, 7) is 14.7. The Morgan fingerprint density at radius 3 is 2.00 bits per heavy atom. The van der Waals surface area contributed by atoms with E-state index in [-0.39, 0.29) is 0 Å². The van der Waals surface area contributed by atoms with Crippen molar-refractivity contribution in [2.24, 2.45) is 5.92 Å². The number of likely N-dealkylation sites (tertiary alicyclic amines) is 1. The van der Waals surface area contributed by atoms with Gasteiger partial charge >= 0.3 is 0 Å². The Labute approximate surface area is 94.0 Å². The number of piperazine rings is 1. The normalized spacial score (nSPS) is 26.8. The maximum absolute atomic E-state index is 2.61. The predicted molar refractivity (Wildman–Crippen MR) is 63.9 cm³/mol. The monoisotopic (exact) mass is 211 g/mol. The molecular weight excluding hydrogens is 186 g/mol. The zero-order valence-corrected chi connectivity index (χ0v) is 10.3. The summed E-state index contributed by atoms with van der Waals surface area (Å²) < 4.78 is 0. The molecule has 0 bridgehead atoms. The molecule has 3 nitrogen and oxygen atoms in total. The molecule has 0 aliphatic carbocycles. The SMILES string of the molecule is CCC1CN(CN2CCN(CC)CC2)C1. The van der Waals surface area contributed by atoms with Crippen LogP contribution in [0.4, 0.5) is 0 Å². The topological polar surface area (TPSA) is 9.72 Å². The van der Waals surface area contributed by atoms with Crippen molar-refractivity contribution >= 4 is 0 Å².